The quantitative estimate of drug-likeness (QED) is 0.645. The summed E-state index contributed by atoms with van der Waals surface area (Å²) >= 11 is 0. The maximum absolute atomic E-state index is 12.1. The molecule has 0 heterocycles. The minimum Gasteiger partial charge on any atom is -0.494 e. The molecule has 24 heavy (non-hydrogen) atoms. The van der Waals surface area contributed by atoms with Crippen molar-refractivity contribution in [3.05, 3.63) is 29.8 Å². The van der Waals surface area contributed by atoms with Gasteiger partial charge in [-0.05, 0) is 43.4 Å². The molecule has 2 rings (SSSR count). The topological polar surface area (TPSA) is 73.6 Å². The Hall–Kier alpha value is -1.59. The highest BCUT2D eigenvalue weighted by molar-refractivity contribution is 5.76. The summed E-state index contributed by atoms with van der Waals surface area (Å²) in [6.45, 7) is 1.80. The third-order valence-electron chi connectivity index (χ3n) is 4.69. The molecule has 0 spiro atoms. The number of ether oxygens (including phenoxy) is 2. The second kappa shape index (κ2) is 9.64. The Morgan fingerprint density at radius 3 is 2.54 bits per heavy atom. The molecule has 0 radical (unpaired) electrons. The van der Waals surface area contributed by atoms with E-state index in [9.17, 15) is 4.79 Å². The highest BCUT2D eigenvalue weighted by Gasteiger charge is 2.33. The fourth-order valence-electron chi connectivity index (χ4n) is 3.19. The van der Waals surface area contributed by atoms with Crippen LogP contribution in [0.2, 0.25) is 0 Å². The molecule has 1 aromatic carbocycles. The Kier molecular flexibility index (Phi) is 7.53. The first kappa shape index (κ1) is 18.7. The lowest BCUT2D eigenvalue weighted by Crippen LogP contribution is -2.51. The number of benzene rings is 1. The number of rotatable bonds is 10. The van der Waals surface area contributed by atoms with Crippen molar-refractivity contribution in [1.29, 1.82) is 0 Å². The molecule has 0 aromatic heterocycles. The Labute approximate surface area is 144 Å². The maximum Gasteiger partial charge on any atom is 0.220 e. The first-order chi connectivity index (χ1) is 11.7. The van der Waals surface area contributed by atoms with E-state index in [0.717, 1.165) is 44.5 Å². The van der Waals surface area contributed by atoms with Crippen molar-refractivity contribution in [3.8, 4) is 5.75 Å². The van der Waals surface area contributed by atoms with Crippen LogP contribution < -0.4 is 15.8 Å². The summed E-state index contributed by atoms with van der Waals surface area (Å²) in [4.78, 5) is 12.1. The van der Waals surface area contributed by atoms with Gasteiger partial charge in [0.1, 0.15) is 5.75 Å². The molecule has 1 amide bonds. The highest BCUT2D eigenvalue weighted by Crippen LogP contribution is 2.28. The van der Waals surface area contributed by atoms with Gasteiger partial charge >= 0.3 is 0 Å². The molecule has 1 aromatic rings. The molecule has 3 N–H and O–H groups in total. The van der Waals surface area contributed by atoms with Crippen molar-refractivity contribution in [2.75, 3.05) is 26.9 Å². The molecule has 0 unspecified atom stereocenters. The van der Waals surface area contributed by atoms with Crippen molar-refractivity contribution in [1.82, 2.24) is 5.32 Å². The fraction of sp³-hybridized carbons (Fsp3) is 0.632. The molecule has 0 saturated heterocycles. The third-order valence-corrected chi connectivity index (χ3v) is 4.69. The van der Waals surface area contributed by atoms with Crippen LogP contribution >= 0.6 is 0 Å². The van der Waals surface area contributed by atoms with Crippen molar-refractivity contribution in [2.45, 2.75) is 50.5 Å². The van der Waals surface area contributed by atoms with Gasteiger partial charge in [0.2, 0.25) is 5.91 Å². The summed E-state index contributed by atoms with van der Waals surface area (Å²) in [5.41, 5.74) is 6.92. The zero-order valence-electron chi connectivity index (χ0n) is 14.7. The number of amides is 1. The molecule has 1 aliphatic rings. The lowest BCUT2D eigenvalue weighted by atomic mass is 9.97. The van der Waals surface area contributed by atoms with Crippen LogP contribution in [0.5, 0.6) is 5.75 Å². The van der Waals surface area contributed by atoms with Gasteiger partial charge in [0, 0.05) is 20.1 Å². The zero-order valence-corrected chi connectivity index (χ0v) is 14.7. The standard InChI is InChI=1S/C19H30N2O3/c1-23-14-10-16-6-8-17(9-7-16)24-13-4-5-18(22)21-19(15-20)11-2-3-12-19/h6-9H,2-5,10-15,20H2,1H3,(H,21,22). The van der Waals surface area contributed by atoms with Crippen molar-refractivity contribution in [3.63, 3.8) is 0 Å². The van der Waals surface area contributed by atoms with Gasteiger partial charge in [-0.3, -0.25) is 4.79 Å². The van der Waals surface area contributed by atoms with Gasteiger partial charge in [-0.15, -0.1) is 0 Å². The Morgan fingerprint density at radius 1 is 1.21 bits per heavy atom. The van der Waals surface area contributed by atoms with E-state index < -0.39 is 0 Å². The summed E-state index contributed by atoms with van der Waals surface area (Å²) in [5.74, 6) is 0.923. The summed E-state index contributed by atoms with van der Waals surface area (Å²) in [6.07, 6.45) is 6.40. The smallest absolute Gasteiger partial charge is 0.220 e. The van der Waals surface area contributed by atoms with Gasteiger partial charge < -0.3 is 20.5 Å². The van der Waals surface area contributed by atoms with Crippen LogP contribution in [0, 0.1) is 0 Å². The summed E-state index contributed by atoms with van der Waals surface area (Å²) < 4.78 is 10.8. The molecule has 0 atom stereocenters. The largest absolute Gasteiger partial charge is 0.494 e. The molecule has 5 heteroatoms. The van der Waals surface area contributed by atoms with E-state index in [1.807, 2.05) is 24.3 Å². The van der Waals surface area contributed by atoms with Crippen LogP contribution in [-0.2, 0) is 16.0 Å². The number of hydrogen-bond acceptors (Lipinski definition) is 4. The molecule has 1 fully saturated rings. The van der Waals surface area contributed by atoms with Crippen LogP contribution in [0.4, 0.5) is 0 Å². The van der Waals surface area contributed by atoms with Crippen LogP contribution in [0.3, 0.4) is 0 Å². The zero-order chi connectivity index (χ0) is 17.3. The van der Waals surface area contributed by atoms with E-state index in [1.54, 1.807) is 7.11 Å². The van der Waals surface area contributed by atoms with E-state index in [4.69, 9.17) is 15.2 Å². The SMILES string of the molecule is COCCc1ccc(OCCCC(=O)NC2(CN)CCCC2)cc1. The molecular weight excluding hydrogens is 304 g/mol. The summed E-state index contributed by atoms with van der Waals surface area (Å²) in [5, 5.41) is 3.14. The van der Waals surface area contributed by atoms with E-state index in [-0.39, 0.29) is 11.4 Å². The molecule has 1 aliphatic carbocycles. The fourth-order valence-corrected chi connectivity index (χ4v) is 3.19. The minimum atomic E-state index is -0.157. The Bertz CT molecular complexity index is 496. The predicted octanol–water partition coefficient (Wildman–Crippen LogP) is 2.42. The number of hydrogen-bond donors (Lipinski definition) is 2. The molecule has 1 saturated carbocycles. The minimum absolute atomic E-state index is 0.0841. The van der Waals surface area contributed by atoms with Crippen molar-refractivity contribution < 1.29 is 14.3 Å². The third kappa shape index (κ3) is 5.80. The van der Waals surface area contributed by atoms with Gasteiger partial charge in [-0.1, -0.05) is 25.0 Å². The Balaban J connectivity index is 1.64. The van der Waals surface area contributed by atoms with E-state index in [0.29, 0.717) is 26.0 Å². The van der Waals surface area contributed by atoms with Gasteiger partial charge in [-0.2, -0.15) is 0 Å². The number of carbonyl (C=O) groups is 1. The molecule has 5 nitrogen and oxygen atoms in total. The van der Waals surface area contributed by atoms with Crippen molar-refractivity contribution >= 4 is 5.91 Å². The molecular formula is C19H30N2O3. The second-order valence-corrected chi connectivity index (χ2v) is 6.58. The monoisotopic (exact) mass is 334 g/mol. The average Bonchev–Trinajstić information content (AvgIpc) is 3.07. The normalized spacial score (nSPS) is 16.1. The lowest BCUT2D eigenvalue weighted by Gasteiger charge is -2.28. The summed E-state index contributed by atoms with van der Waals surface area (Å²) in [7, 11) is 1.70. The second-order valence-electron chi connectivity index (χ2n) is 6.58. The van der Waals surface area contributed by atoms with Crippen LogP contribution in [0.25, 0.3) is 0 Å². The van der Waals surface area contributed by atoms with Gasteiger partial charge in [-0.25, -0.2) is 0 Å². The van der Waals surface area contributed by atoms with Gasteiger partial charge in [0.25, 0.3) is 0 Å². The van der Waals surface area contributed by atoms with Gasteiger partial charge in [0.15, 0.2) is 0 Å². The van der Waals surface area contributed by atoms with Crippen molar-refractivity contribution in [2.24, 2.45) is 5.73 Å². The number of nitrogens with one attached hydrogen (secondary N) is 1. The first-order valence-corrected chi connectivity index (χ1v) is 8.89. The van der Waals surface area contributed by atoms with Crippen LogP contribution in [-0.4, -0.2) is 38.3 Å². The number of methoxy groups -OCH3 is 1. The average molecular weight is 334 g/mol. The van der Waals surface area contributed by atoms with Crippen LogP contribution in [0.1, 0.15) is 44.1 Å². The van der Waals surface area contributed by atoms with E-state index in [2.05, 4.69) is 5.32 Å². The predicted molar refractivity (Wildman–Crippen MR) is 95.1 cm³/mol. The summed E-state index contributed by atoms with van der Waals surface area (Å²) in [6, 6.07) is 8.03. The highest BCUT2D eigenvalue weighted by atomic mass is 16.5. The van der Waals surface area contributed by atoms with Gasteiger partial charge in [0.05, 0.1) is 18.8 Å². The number of nitrogens with two attached hydrogens (primary N) is 1. The van der Waals surface area contributed by atoms with E-state index >= 15 is 0 Å². The molecule has 0 aliphatic heterocycles. The maximum atomic E-state index is 12.1. The first-order valence-electron chi connectivity index (χ1n) is 8.89. The Morgan fingerprint density at radius 2 is 1.92 bits per heavy atom. The van der Waals surface area contributed by atoms with E-state index in [1.165, 1.54) is 5.56 Å². The molecule has 134 valence electrons. The van der Waals surface area contributed by atoms with Crippen LogP contribution in [0.15, 0.2) is 24.3 Å². The number of carbonyl (C=O) groups excluding carboxylic acids is 1. The lowest BCUT2D eigenvalue weighted by molar-refractivity contribution is -0.123. The molecule has 0 bridgehead atoms.